The molecule has 0 spiro atoms. The molecule has 0 radical (unpaired) electrons. The quantitative estimate of drug-likeness (QED) is 0.759. The third kappa shape index (κ3) is 6.48. The molecule has 2 N–H and O–H groups in total. The van der Waals surface area contributed by atoms with Crippen molar-refractivity contribution in [3.63, 3.8) is 0 Å². The first-order valence-electron chi connectivity index (χ1n) is 9.75. The third-order valence-corrected chi connectivity index (χ3v) is 4.76. The monoisotopic (exact) mass is 400 g/mol. The number of carbonyl (C=O) groups is 2. The predicted octanol–water partition coefficient (Wildman–Crippen LogP) is 4.27. The maximum atomic E-state index is 12.9. The van der Waals surface area contributed by atoms with E-state index in [1.807, 2.05) is 18.2 Å². The minimum absolute atomic E-state index is 0.0818. The van der Waals surface area contributed by atoms with Gasteiger partial charge in [-0.25, -0.2) is 9.18 Å². The van der Waals surface area contributed by atoms with Gasteiger partial charge >= 0.3 is 6.09 Å². The number of carbonyl (C=O) groups excluding carboxylic acids is 2. The maximum Gasteiger partial charge on any atom is 0.411 e. The lowest BCUT2D eigenvalue weighted by Gasteiger charge is -2.30. The van der Waals surface area contributed by atoms with Crippen LogP contribution < -0.4 is 15.4 Å². The van der Waals surface area contributed by atoms with E-state index in [-0.39, 0.29) is 23.9 Å². The van der Waals surface area contributed by atoms with Crippen molar-refractivity contribution in [1.29, 1.82) is 0 Å². The summed E-state index contributed by atoms with van der Waals surface area (Å²) in [6.45, 7) is 1.70. The molecule has 2 amide bonds. The van der Waals surface area contributed by atoms with E-state index in [4.69, 9.17) is 9.47 Å². The van der Waals surface area contributed by atoms with Gasteiger partial charge in [0, 0.05) is 18.2 Å². The summed E-state index contributed by atoms with van der Waals surface area (Å²) >= 11 is 0. The van der Waals surface area contributed by atoms with Gasteiger partial charge in [-0.2, -0.15) is 0 Å². The largest absolute Gasteiger partial charge is 0.481 e. The second kappa shape index (κ2) is 9.91. The van der Waals surface area contributed by atoms with Gasteiger partial charge in [-0.15, -0.1) is 0 Å². The third-order valence-electron chi connectivity index (χ3n) is 4.76. The number of nitrogens with one attached hydrogen (secondary N) is 2. The first-order valence-corrected chi connectivity index (χ1v) is 9.75. The second-order valence-electron chi connectivity index (χ2n) is 7.10. The van der Waals surface area contributed by atoms with Crippen molar-refractivity contribution < 1.29 is 23.5 Å². The molecule has 2 aromatic rings. The fraction of sp³-hybridized carbons (Fsp3) is 0.364. The molecule has 154 valence electrons. The summed E-state index contributed by atoms with van der Waals surface area (Å²) in [5.74, 6) is 0.0630. The van der Waals surface area contributed by atoms with Crippen LogP contribution in [0, 0.1) is 5.82 Å². The van der Waals surface area contributed by atoms with Crippen LogP contribution in [0.3, 0.4) is 0 Å². The van der Waals surface area contributed by atoms with E-state index in [9.17, 15) is 14.0 Å². The molecule has 0 heterocycles. The molecular formula is C22H25FN2O4. The molecule has 0 saturated heterocycles. The topological polar surface area (TPSA) is 76.7 Å². The molecule has 7 heteroatoms. The zero-order valence-corrected chi connectivity index (χ0v) is 16.3. The highest BCUT2D eigenvalue weighted by Gasteiger charge is 2.27. The standard InChI is InChI=1S/C22H25FN2O4/c1-15(28-19-7-3-2-4-8-19)21(26)24-18-6-5-9-20(14-18)29-22(27)25-17-12-10-16(23)11-13-17/h2-4,7-8,10-13,15,18,20H,5-6,9,14H2,1H3,(H,24,26)(H,25,27)/t15-,18+,20+/m0/s1. The summed E-state index contributed by atoms with van der Waals surface area (Å²) in [7, 11) is 0. The van der Waals surface area contributed by atoms with Crippen LogP contribution in [0.2, 0.25) is 0 Å². The predicted molar refractivity (Wildman–Crippen MR) is 107 cm³/mol. The molecular weight excluding hydrogens is 375 g/mol. The number of ether oxygens (including phenoxy) is 2. The number of benzene rings is 2. The van der Waals surface area contributed by atoms with Crippen molar-refractivity contribution in [2.45, 2.75) is 50.9 Å². The number of halogens is 1. The minimum atomic E-state index is -0.625. The normalized spacial score (nSPS) is 19.7. The van der Waals surface area contributed by atoms with E-state index in [1.165, 1.54) is 24.3 Å². The summed E-state index contributed by atoms with van der Waals surface area (Å²) in [5, 5.41) is 5.56. The van der Waals surface area contributed by atoms with Gasteiger partial charge in [0.15, 0.2) is 6.10 Å². The molecule has 29 heavy (non-hydrogen) atoms. The van der Waals surface area contributed by atoms with Gasteiger partial charge in [0.05, 0.1) is 0 Å². The number of hydrogen-bond donors (Lipinski definition) is 2. The molecule has 0 aliphatic heterocycles. The number of amides is 2. The van der Waals surface area contributed by atoms with Crippen molar-refractivity contribution in [1.82, 2.24) is 5.32 Å². The van der Waals surface area contributed by atoms with Crippen LogP contribution in [0.5, 0.6) is 5.75 Å². The maximum absolute atomic E-state index is 12.9. The second-order valence-corrected chi connectivity index (χ2v) is 7.10. The Balaban J connectivity index is 1.45. The van der Waals surface area contributed by atoms with Crippen molar-refractivity contribution >= 4 is 17.7 Å². The molecule has 0 bridgehead atoms. The van der Waals surface area contributed by atoms with Gasteiger partial charge in [0.1, 0.15) is 17.7 Å². The summed E-state index contributed by atoms with van der Waals surface area (Å²) in [5.41, 5.74) is 0.462. The van der Waals surface area contributed by atoms with Gasteiger partial charge in [-0.1, -0.05) is 18.2 Å². The van der Waals surface area contributed by atoms with Gasteiger partial charge in [0.25, 0.3) is 5.91 Å². The van der Waals surface area contributed by atoms with Crippen LogP contribution in [-0.2, 0) is 9.53 Å². The number of hydrogen-bond acceptors (Lipinski definition) is 4. The Hall–Kier alpha value is -3.09. The molecule has 3 rings (SSSR count). The SMILES string of the molecule is C[C@H](Oc1ccccc1)C(=O)N[C@@H]1CCC[C@@H](OC(=O)Nc2ccc(F)cc2)C1. The van der Waals surface area contributed by atoms with Crippen molar-refractivity contribution in [2.24, 2.45) is 0 Å². The van der Waals surface area contributed by atoms with Crippen LogP contribution in [-0.4, -0.2) is 30.3 Å². The van der Waals surface area contributed by atoms with E-state index in [1.54, 1.807) is 19.1 Å². The Bertz CT molecular complexity index is 813. The average Bonchev–Trinajstić information content (AvgIpc) is 2.70. The van der Waals surface area contributed by atoms with Crippen molar-refractivity contribution in [2.75, 3.05) is 5.32 Å². The zero-order chi connectivity index (χ0) is 20.6. The van der Waals surface area contributed by atoms with E-state index >= 15 is 0 Å². The van der Waals surface area contributed by atoms with Crippen LogP contribution in [0.1, 0.15) is 32.6 Å². The fourth-order valence-corrected chi connectivity index (χ4v) is 3.29. The Kier molecular flexibility index (Phi) is 7.05. The Labute approximate surface area is 169 Å². The lowest BCUT2D eigenvalue weighted by Crippen LogP contribution is -2.46. The van der Waals surface area contributed by atoms with Gasteiger partial charge < -0.3 is 14.8 Å². The molecule has 1 fully saturated rings. The lowest BCUT2D eigenvalue weighted by molar-refractivity contribution is -0.128. The summed E-state index contributed by atoms with van der Waals surface area (Å²) in [4.78, 5) is 24.5. The Morgan fingerprint density at radius 3 is 2.52 bits per heavy atom. The number of para-hydroxylation sites is 1. The highest BCUT2D eigenvalue weighted by Crippen LogP contribution is 2.22. The van der Waals surface area contributed by atoms with Crippen LogP contribution in [0.4, 0.5) is 14.9 Å². The van der Waals surface area contributed by atoms with Crippen molar-refractivity contribution in [3.8, 4) is 5.75 Å². The first-order chi connectivity index (χ1) is 14.0. The van der Waals surface area contributed by atoms with Gasteiger partial charge in [-0.3, -0.25) is 10.1 Å². The van der Waals surface area contributed by atoms with E-state index in [0.717, 1.165) is 19.3 Å². The molecule has 1 aliphatic rings. The highest BCUT2D eigenvalue weighted by molar-refractivity contribution is 5.84. The van der Waals surface area contributed by atoms with E-state index < -0.39 is 12.2 Å². The van der Waals surface area contributed by atoms with Crippen LogP contribution >= 0.6 is 0 Å². The molecule has 3 atom stereocenters. The van der Waals surface area contributed by atoms with Crippen LogP contribution in [0.15, 0.2) is 54.6 Å². The molecule has 1 saturated carbocycles. The summed E-state index contributed by atoms with van der Waals surface area (Å²) in [6.07, 6.45) is 1.44. The molecule has 0 unspecified atom stereocenters. The Morgan fingerprint density at radius 2 is 1.79 bits per heavy atom. The molecule has 6 nitrogen and oxygen atoms in total. The van der Waals surface area contributed by atoms with Gasteiger partial charge in [-0.05, 0) is 62.6 Å². The smallest absolute Gasteiger partial charge is 0.411 e. The number of rotatable bonds is 6. The zero-order valence-electron chi connectivity index (χ0n) is 16.3. The minimum Gasteiger partial charge on any atom is -0.481 e. The first kappa shape index (κ1) is 20.6. The number of anilines is 1. The summed E-state index contributed by atoms with van der Waals surface area (Å²) < 4.78 is 24.1. The molecule has 0 aromatic heterocycles. The molecule has 2 aromatic carbocycles. The Morgan fingerprint density at radius 1 is 1.07 bits per heavy atom. The van der Waals surface area contributed by atoms with E-state index in [0.29, 0.717) is 17.9 Å². The fourth-order valence-electron chi connectivity index (χ4n) is 3.29. The van der Waals surface area contributed by atoms with Gasteiger partial charge in [0.2, 0.25) is 0 Å². The lowest BCUT2D eigenvalue weighted by atomic mass is 9.92. The van der Waals surface area contributed by atoms with Crippen LogP contribution in [0.25, 0.3) is 0 Å². The average molecular weight is 400 g/mol. The molecule has 1 aliphatic carbocycles. The van der Waals surface area contributed by atoms with Crippen molar-refractivity contribution in [3.05, 3.63) is 60.4 Å². The summed E-state index contributed by atoms with van der Waals surface area (Å²) in [6, 6.07) is 14.6. The highest BCUT2D eigenvalue weighted by atomic mass is 19.1. The van der Waals surface area contributed by atoms with E-state index in [2.05, 4.69) is 10.6 Å².